The van der Waals surface area contributed by atoms with E-state index in [0.717, 1.165) is 55.0 Å². The Kier molecular flexibility index (Phi) is 4.69. The van der Waals surface area contributed by atoms with E-state index in [1.807, 2.05) is 0 Å². The minimum Gasteiger partial charge on any atom is -0.338 e. The number of fused-ring (bicyclic) bond motifs is 1. The summed E-state index contributed by atoms with van der Waals surface area (Å²) < 4.78 is 39.3. The van der Waals surface area contributed by atoms with Crippen molar-refractivity contribution in [3.05, 3.63) is 34.2 Å². The molecule has 0 spiro atoms. The summed E-state index contributed by atoms with van der Waals surface area (Å²) in [4.78, 5) is 26.2. The van der Waals surface area contributed by atoms with Crippen LogP contribution in [0.4, 0.5) is 13.2 Å². The lowest BCUT2D eigenvalue weighted by atomic mass is 9.78. The normalized spacial score (nSPS) is 24.5. The molecule has 2 fully saturated rings. The van der Waals surface area contributed by atoms with E-state index in [0.29, 0.717) is 12.5 Å². The summed E-state index contributed by atoms with van der Waals surface area (Å²) in [6.07, 6.45) is 2.56. The number of alkyl halides is 3. The first-order valence-corrected chi connectivity index (χ1v) is 8.43. The van der Waals surface area contributed by atoms with Gasteiger partial charge >= 0.3 is 6.18 Å². The number of hydrogen-bond acceptors (Lipinski definition) is 2. The largest absolute Gasteiger partial charge is 0.417 e. The second-order valence-corrected chi connectivity index (χ2v) is 6.72. The van der Waals surface area contributed by atoms with Crippen molar-refractivity contribution in [3.63, 3.8) is 0 Å². The quantitative estimate of drug-likeness (QED) is 0.829. The Labute approximate surface area is 138 Å². The molecule has 132 valence electrons. The highest BCUT2D eigenvalue weighted by Crippen LogP contribution is 2.35. The molecule has 7 heteroatoms. The number of rotatable bonds is 2. The van der Waals surface area contributed by atoms with Gasteiger partial charge in [-0.1, -0.05) is 12.8 Å². The third-order valence-electron chi connectivity index (χ3n) is 5.18. The Morgan fingerprint density at radius 2 is 1.83 bits per heavy atom. The summed E-state index contributed by atoms with van der Waals surface area (Å²) >= 11 is 0. The van der Waals surface area contributed by atoms with Gasteiger partial charge in [0.25, 0.3) is 5.56 Å². The molecule has 2 heterocycles. The first-order chi connectivity index (χ1) is 11.4. The standard InChI is InChI=1S/C17H21F3N2O2/c18-17(19,20)13-7-8-15(23)21(10-13)11-16(24)22-9-3-5-12-4-1-2-6-14(12)22/h7-8,10,12,14H,1-6,9,11H2. The van der Waals surface area contributed by atoms with Gasteiger partial charge in [0.1, 0.15) is 6.54 Å². The van der Waals surface area contributed by atoms with Crippen LogP contribution in [0.25, 0.3) is 0 Å². The highest BCUT2D eigenvalue weighted by molar-refractivity contribution is 5.76. The number of amides is 1. The van der Waals surface area contributed by atoms with E-state index in [2.05, 4.69) is 0 Å². The molecule has 1 saturated heterocycles. The van der Waals surface area contributed by atoms with Gasteiger partial charge in [0.15, 0.2) is 0 Å². The van der Waals surface area contributed by atoms with Crippen molar-refractivity contribution in [2.45, 2.75) is 57.3 Å². The zero-order valence-electron chi connectivity index (χ0n) is 13.4. The summed E-state index contributed by atoms with van der Waals surface area (Å²) in [5.74, 6) is 0.239. The molecule has 2 atom stereocenters. The van der Waals surface area contributed by atoms with Crippen molar-refractivity contribution in [1.82, 2.24) is 9.47 Å². The van der Waals surface area contributed by atoms with Crippen LogP contribution in [0, 0.1) is 5.92 Å². The summed E-state index contributed by atoms with van der Waals surface area (Å²) in [5, 5.41) is 0. The first kappa shape index (κ1) is 17.0. The maximum Gasteiger partial charge on any atom is 0.417 e. The van der Waals surface area contributed by atoms with Crippen molar-refractivity contribution >= 4 is 5.91 Å². The van der Waals surface area contributed by atoms with E-state index >= 15 is 0 Å². The number of pyridine rings is 1. The Morgan fingerprint density at radius 3 is 2.58 bits per heavy atom. The predicted octanol–water partition coefficient (Wildman–Crippen LogP) is 3.05. The number of carbonyl (C=O) groups excluding carboxylic acids is 1. The van der Waals surface area contributed by atoms with E-state index in [4.69, 9.17) is 0 Å². The summed E-state index contributed by atoms with van der Waals surface area (Å²) in [6.45, 7) is 0.305. The van der Waals surface area contributed by atoms with Gasteiger partial charge in [0, 0.05) is 24.8 Å². The van der Waals surface area contributed by atoms with Crippen molar-refractivity contribution in [1.29, 1.82) is 0 Å². The van der Waals surface area contributed by atoms with Crippen LogP contribution in [-0.2, 0) is 17.5 Å². The second kappa shape index (κ2) is 6.61. The monoisotopic (exact) mass is 342 g/mol. The molecule has 1 amide bonds. The molecule has 1 aliphatic heterocycles. The van der Waals surface area contributed by atoms with Gasteiger partial charge in [0.05, 0.1) is 5.56 Å². The van der Waals surface area contributed by atoms with Crippen LogP contribution in [0.2, 0.25) is 0 Å². The molecule has 1 saturated carbocycles. The Balaban J connectivity index is 1.78. The van der Waals surface area contributed by atoms with E-state index in [-0.39, 0.29) is 18.5 Å². The topological polar surface area (TPSA) is 42.3 Å². The van der Waals surface area contributed by atoms with Crippen LogP contribution < -0.4 is 5.56 Å². The smallest absolute Gasteiger partial charge is 0.338 e. The number of hydrogen-bond donors (Lipinski definition) is 0. The number of aromatic nitrogens is 1. The Bertz CT molecular complexity index is 667. The maximum absolute atomic E-state index is 12.8. The lowest BCUT2D eigenvalue weighted by Gasteiger charge is -2.44. The fourth-order valence-electron chi connectivity index (χ4n) is 3.99. The summed E-state index contributed by atoms with van der Waals surface area (Å²) in [5.41, 5.74) is -1.50. The van der Waals surface area contributed by atoms with Gasteiger partial charge in [-0.15, -0.1) is 0 Å². The van der Waals surface area contributed by atoms with E-state index in [1.54, 1.807) is 4.90 Å². The minimum atomic E-state index is -4.53. The molecule has 2 unspecified atom stereocenters. The van der Waals surface area contributed by atoms with Gasteiger partial charge in [0.2, 0.25) is 5.91 Å². The highest BCUT2D eigenvalue weighted by Gasteiger charge is 2.36. The molecule has 0 N–H and O–H groups in total. The SMILES string of the molecule is O=C(Cn1cc(C(F)(F)F)ccc1=O)N1CCCC2CCCCC21. The summed E-state index contributed by atoms with van der Waals surface area (Å²) in [7, 11) is 0. The maximum atomic E-state index is 12.8. The zero-order chi connectivity index (χ0) is 17.3. The molecule has 4 nitrogen and oxygen atoms in total. The predicted molar refractivity (Wildman–Crippen MR) is 82.4 cm³/mol. The molecule has 1 aromatic heterocycles. The zero-order valence-corrected chi connectivity index (χ0v) is 13.4. The molecule has 2 aliphatic rings. The third-order valence-corrected chi connectivity index (χ3v) is 5.18. The van der Waals surface area contributed by atoms with Crippen molar-refractivity contribution < 1.29 is 18.0 Å². The van der Waals surface area contributed by atoms with Crippen LogP contribution in [0.15, 0.2) is 23.1 Å². The van der Waals surface area contributed by atoms with E-state index in [9.17, 15) is 22.8 Å². The fourth-order valence-corrected chi connectivity index (χ4v) is 3.99. The minimum absolute atomic E-state index is 0.182. The number of likely N-dealkylation sites (tertiary alicyclic amines) is 1. The number of nitrogens with zero attached hydrogens (tertiary/aromatic N) is 2. The van der Waals surface area contributed by atoms with Crippen molar-refractivity contribution in [2.24, 2.45) is 5.92 Å². The van der Waals surface area contributed by atoms with Gasteiger partial charge in [-0.2, -0.15) is 13.2 Å². The molecule has 1 aliphatic carbocycles. The summed E-state index contributed by atoms with van der Waals surface area (Å²) in [6, 6.07) is 1.80. The lowest BCUT2D eigenvalue weighted by molar-refractivity contribution is -0.140. The van der Waals surface area contributed by atoms with Crippen LogP contribution in [-0.4, -0.2) is 28.0 Å². The molecule has 1 aromatic rings. The number of piperidine rings is 1. The van der Waals surface area contributed by atoms with Gasteiger partial charge in [-0.25, -0.2) is 0 Å². The van der Waals surface area contributed by atoms with Gasteiger partial charge in [-0.3, -0.25) is 9.59 Å². The Hall–Kier alpha value is -1.79. The van der Waals surface area contributed by atoms with Crippen molar-refractivity contribution in [2.75, 3.05) is 6.54 Å². The average Bonchev–Trinajstić information content (AvgIpc) is 2.55. The third kappa shape index (κ3) is 3.49. The molecule has 0 aromatic carbocycles. The number of carbonyl (C=O) groups is 1. The highest BCUT2D eigenvalue weighted by atomic mass is 19.4. The average molecular weight is 342 g/mol. The number of halogens is 3. The fraction of sp³-hybridized carbons (Fsp3) is 0.647. The Morgan fingerprint density at radius 1 is 1.12 bits per heavy atom. The van der Waals surface area contributed by atoms with Crippen LogP contribution in [0.3, 0.4) is 0 Å². The molecule has 24 heavy (non-hydrogen) atoms. The molecule has 3 rings (SSSR count). The molecular formula is C17H21F3N2O2. The van der Waals surface area contributed by atoms with E-state index < -0.39 is 17.3 Å². The van der Waals surface area contributed by atoms with E-state index in [1.165, 1.54) is 6.42 Å². The molecule has 0 radical (unpaired) electrons. The first-order valence-electron chi connectivity index (χ1n) is 8.43. The second-order valence-electron chi connectivity index (χ2n) is 6.72. The molecular weight excluding hydrogens is 321 g/mol. The van der Waals surface area contributed by atoms with Gasteiger partial charge < -0.3 is 9.47 Å². The van der Waals surface area contributed by atoms with Crippen LogP contribution >= 0.6 is 0 Å². The molecule has 0 bridgehead atoms. The van der Waals surface area contributed by atoms with Crippen LogP contribution in [0.1, 0.15) is 44.1 Å². The van der Waals surface area contributed by atoms with Crippen molar-refractivity contribution in [3.8, 4) is 0 Å². The lowest BCUT2D eigenvalue weighted by Crippen LogP contribution is -2.51. The van der Waals surface area contributed by atoms with Crippen LogP contribution in [0.5, 0.6) is 0 Å². The van der Waals surface area contributed by atoms with Gasteiger partial charge in [-0.05, 0) is 37.7 Å².